The second-order valence-corrected chi connectivity index (χ2v) is 4.42. The quantitative estimate of drug-likeness (QED) is 0.798. The van der Waals surface area contributed by atoms with E-state index in [9.17, 15) is 4.79 Å². The van der Waals surface area contributed by atoms with E-state index in [0.29, 0.717) is 16.3 Å². The van der Waals surface area contributed by atoms with Gasteiger partial charge in [0.1, 0.15) is 12.3 Å². The van der Waals surface area contributed by atoms with Crippen molar-refractivity contribution in [2.75, 3.05) is 7.11 Å². The van der Waals surface area contributed by atoms with Gasteiger partial charge in [-0.15, -0.1) is 0 Å². The average molecular weight is 265 g/mol. The third-order valence-electron chi connectivity index (χ3n) is 2.56. The molecule has 0 aliphatic heterocycles. The summed E-state index contributed by atoms with van der Waals surface area (Å²) < 4.78 is 6.72. The number of methoxy groups -OCH3 is 1. The van der Waals surface area contributed by atoms with Crippen molar-refractivity contribution in [3.63, 3.8) is 0 Å². The van der Waals surface area contributed by atoms with E-state index >= 15 is 0 Å². The van der Waals surface area contributed by atoms with Crippen molar-refractivity contribution < 1.29 is 9.53 Å². The lowest BCUT2D eigenvalue weighted by Gasteiger charge is -2.08. The van der Waals surface area contributed by atoms with Crippen LogP contribution in [0.1, 0.15) is 15.9 Å². The summed E-state index contributed by atoms with van der Waals surface area (Å²) in [4.78, 5) is 12.1. The number of aromatic nitrogens is 2. The molecule has 0 aliphatic rings. The number of ketones is 1. The van der Waals surface area contributed by atoms with Gasteiger partial charge in [-0.25, -0.2) is 0 Å². The van der Waals surface area contributed by atoms with Crippen LogP contribution in [0.3, 0.4) is 0 Å². The van der Waals surface area contributed by atoms with Crippen LogP contribution in [0.25, 0.3) is 0 Å². The van der Waals surface area contributed by atoms with E-state index in [1.54, 1.807) is 19.4 Å². The van der Waals surface area contributed by atoms with Crippen molar-refractivity contribution in [1.29, 1.82) is 0 Å². The molecule has 0 fully saturated rings. The predicted octanol–water partition coefficient (Wildman–Crippen LogP) is 2.74. The van der Waals surface area contributed by atoms with Crippen molar-refractivity contribution >= 4 is 17.4 Å². The molecule has 1 aromatic carbocycles. The van der Waals surface area contributed by atoms with Gasteiger partial charge in [0.25, 0.3) is 0 Å². The first kappa shape index (κ1) is 12.6. The van der Waals surface area contributed by atoms with Crippen LogP contribution in [0.2, 0.25) is 5.02 Å². The van der Waals surface area contributed by atoms with Gasteiger partial charge in [0, 0.05) is 6.20 Å². The molecule has 0 unspecified atom stereocenters. The highest BCUT2D eigenvalue weighted by Crippen LogP contribution is 2.21. The Morgan fingerprint density at radius 3 is 2.89 bits per heavy atom. The lowest BCUT2D eigenvalue weighted by Crippen LogP contribution is -2.12. The Hall–Kier alpha value is -1.81. The Morgan fingerprint density at radius 2 is 2.28 bits per heavy atom. The van der Waals surface area contributed by atoms with E-state index in [-0.39, 0.29) is 12.3 Å². The van der Waals surface area contributed by atoms with Crippen molar-refractivity contribution in [3.8, 4) is 5.75 Å². The summed E-state index contributed by atoms with van der Waals surface area (Å²) in [6.07, 6.45) is 3.11. The molecule has 2 rings (SSSR count). The molecule has 94 valence electrons. The van der Waals surface area contributed by atoms with E-state index < -0.39 is 0 Å². The Balaban J connectivity index is 2.23. The number of Topliss-reactive ketones (excluding diaryl/α,β-unsaturated/α-hetero) is 1. The first-order chi connectivity index (χ1) is 8.60. The molecular weight excluding hydrogens is 252 g/mol. The number of hydrogen-bond donors (Lipinski definition) is 0. The van der Waals surface area contributed by atoms with Gasteiger partial charge in [0.15, 0.2) is 5.78 Å². The number of rotatable bonds is 4. The summed E-state index contributed by atoms with van der Waals surface area (Å²) in [6.45, 7) is 2.09. The van der Waals surface area contributed by atoms with Gasteiger partial charge in [-0.05, 0) is 24.6 Å². The van der Waals surface area contributed by atoms with Crippen molar-refractivity contribution in [2.24, 2.45) is 0 Å². The lowest BCUT2D eigenvalue weighted by atomic mass is 10.1. The van der Waals surface area contributed by atoms with Gasteiger partial charge in [-0.2, -0.15) is 5.10 Å². The Kier molecular flexibility index (Phi) is 3.67. The molecule has 1 heterocycles. The van der Waals surface area contributed by atoms with Crippen LogP contribution in [0.5, 0.6) is 5.75 Å². The monoisotopic (exact) mass is 264 g/mol. The van der Waals surface area contributed by atoms with Gasteiger partial charge >= 0.3 is 0 Å². The van der Waals surface area contributed by atoms with Crippen LogP contribution in [0.4, 0.5) is 0 Å². The van der Waals surface area contributed by atoms with Gasteiger partial charge in [0.05, 0.1) is 23.9 Å². The summed E-state index contributed by atoms with van der Waals surface area (Å²) in [5.41, 5.74) is 1.60. The van der Waals surface area contributed by atoms with Gasteiger partial charge in [-0.1, -0.05) is 17.7 Å². The van der Waals surface area contributed by atoms with E-state index in [1.165, 1.54) is 10.9 Å². The second-order valence-electron chi connectivity index (χ2n) is 3.98. The highest BCUT2D eigenvalue weighted by atomic mass is 35.5. The smallest absolute Gasteiger partial charge is 0.187 e. The molecule has 4 nitrogen and oxygen atoms in total. The molecule has 0 saturated carbocycles. The topological polar surface area (TPSA) is 44.1 Å². The van der Waals surface area contributed by atoms with Crippen molar-refractivity contribution in [2.45, 2.75) is 13.5 Å². The minimum atomic E-state index is -0.0633. The number of hydrogen-bond acceptors (Lipinski definition) is 3. The SMILES string of the molecule is COc1cc(C)ccc1C(=O)Cn1cc(Cl)cn1. The Labute approximate surface area is 110 Å². The lowest BCUT2D eigenvalue weighted by molar-refractivity contribution is 0.0965. The molecule has 18 heavy (non-hydrogen) atoms. The maximum absolute atomic E-state index is 12.1. The fraction of sp³-hybridized carbons (Fsp3) is 0.231. The van der Waals surface area contributed by atoms with Crippen molar-refractivity contribution in [1.82, 2.24) is 9.78 Å². The molecule has 0 atom stereocenters. The molecule has 2 aromatic rings. The zero-order chi connectivity index (χ0) is 13.1. The largest absolute Gasteiger partial charge is 0.496 e. The molecule has 0 bridgehead atoms. The first-order valence-corrected chi connectivity index (χ1v) is 5.84. The molecule has 5 heteroatoms. The zero-order valence-corrected chi connectivity index (χ0v) is 10.9. The van der Waals surface area contributed by atoms with Gasteiger partial charge in [0.2, 0.25) is 0 Å². The number of benzene rings is 1. The summed E-state index contributed by atoms with van der Waals surface area (Å²) in [6, 6.07) is 5.48. The normalized spacial score (nSPS) is 10.4. The number of carbonyl (C=O) groups excluding carboxylic acids is 1. The van der Waals surface area contributed by atoms with Crippen LogP contribution >= 0.6 is 11.6 Å². The van der Waals surface area contributed by atoms with Crippen LogP contribution in [-0.4, -0.2) is 22.7 Å². The second kappa shape index (κ2) is 5.23. The molecule has 0 N–H and O–H groups in total. The molecule has 0 radical (unpaired) electrons. The molecule has 1 aromatic heterocycles. The molecule has 0 saturated heterocycles. The third kappa shape index (κ3) is 2.71. The van der Waals surface area contributed by atoms with E-state index in [0.717, 1.165) is 5.56 Å². The highest BCUT2D eigenvalue weighted by Gasteiger charge is 2.13. The fourth-order valence-electron chi connectivity index (χ4n) is 1.69. The van der Waals surface area contributed by atoms with Crippen LogP contribution in [-0.2, 0) is 6.54 Å². The Bertz CT molecular complexity index is 578. The number of aryl methyl sites for hydroxylation is 1. The molecule has 0 amide bonds. The maximum atomic E-state index is 12.1. The first-order valence-electron chi connectivity index (χ1n) is 5.46. The zero-order valence-electron chi connectivity index (χ0n) is 10.2. The minimum Gasteiger partial charge on any atom is -0.496 e. The van der Waals surface area contributed by atoms with Gasteiger partial charge in [-0.3, -0.25) is 9.48 Å². The summed E-state index contributed by atoms with van der Waals surface area (Å²) in [5.74, 6) is 0.518. The number of ether oxygens (including phenoxy) is 1. The standard InChI is InChI=1S/C13H13ClN2O2/c1-9-3-4-11(13(5-9)18-2)12(17)8-16-7-10(14)6-15-16/h3-7H,8H2,1-2H3. The number of halogens is 1. The third-order valence-corrected chi connectivity index (χ3v) is 2.76. The number of nitrogens with zero attached hydrogens (tertiary/aromatic N) is 2. The molecule has 0 spiro atoms. The Morgan fingerprint density at radius 1 is 1.50 bits per heavy atom. The van der Waals surface area contributed by atoms with Crippen LogP contribution < -0.4 is 4.74 Å². The molecular formula is C13H13ClN2O2. The highest BCUT2D eigenvalue weighted by molar-refractivity contribution is 6.30. The van der Waals surface area contributed by atoms with E-state index in [1.807, 2.05) is 19.1 Å². The van der Waals surface area contributed by atoms with Crippen molar-refractivity contribution in [3.05, 3.63) is 46.7 Å². The minimum absolute atomic E-state index is 0.0633. The predicted molar refractivity (Wildman–Crippen MR) is 69.3 cm³/mol. The van der Waals surface area contributed by atoms with Crippen LogP contribution in [0.15, 0.2) is 30.6 Å². The van der Waals surface area contributed by atoms with Crippen LogP contribution in [0, 0.1) is 6.92 Å². The fourth-order valence-corrected chi connectivity index (χ4v) is 1.84. The summed E-state index contributed by atoms with van der Waals surface area (Å²) in [5, 5.41) is 4.49. The summed E-state index contributed by atoms with van der Waals surface area (Å²) >= 11 is 5.75. The average Bonchev–Trinajstić information content (AvgIpc) is 2.74. The van der Waals surface area contributed by atoms with Gasteiger partial charge < -0.3 is 4.74 Å². The van der Waals surface area contributed by atoms with E-state index in [4.69, 9.17) is 16.3 Å². The molecule has 0 aliphatic carbocycles. The number of carbonyl (C=O) groups is 1. The summed E-state index contributed by atoms with van der Waals surface area (Å²) in [7, 11) is 1.55. The van der Waals surface area contributed by atoms with E-state index in [2.05, 4.69) is 5.10 Å². The maximum Gasteiger partial charge on any atom is 0.187 e.